The number of rotatable bonds is 5. The topological polar surface area (TPSA) is 41.3 Å². The molecule has 1 heterocycles. The number of thiocarbonyl (C=S) groups is 1. The molecule has 0 spiro atoms. The second-order valence-electron chi connectivity index (χ2n) is 5.32. The van der Waals surface area contributed by atoms with Crippen LogP contribution in [-0.4, -0.2) is 35.6 Å². The highest BCUT2D eigenvalue weighted by molar-refractivity contribution is 7.80. The van der Waals surface area contributed by atoms with Crippen LogP contribution in [0.5, 0.6) is 0 Å². The Balaban J connectivity index is 1.91. The maximum Gasteiger partial charge on any atom is 0.105 e. The molecular formula is C15H22ClN3S. The van der Waals surface area contributed by atoms with E-state index in [0.29, 0.717) is 16.1 Å². The number of hydrogen-bond acceptors (Lipinski definition) is 3. The Bertz CT molecular complexity index is 470. The molecule has 0 bridgehead atoms. The molecule has 0 aromatic heterocycles. The molecule has 0 unspecified atom stereocenters. The first kappa shape index (κ1) is 15.5. The van der Waals surface area contributed by atoms with E-state index in [9.17, 15) is 0 Å². The molecule has 2 rings (SSSR count). The minimum Gasteiger partial charge on any atom is -0.389 e. The average molecular weight is 312 g/mol. The first-order valence-electron chi connectivity index (χ1n) is 7.18. The predicted molar refractivity (Wildman–Crippen MR) is 90.7 cm³/mol. The summed E-state index contributed by atoms with van der Waals surface area (Å²) in [5.41, 5.74) is 7.40. The molecule has 1 aromatic carbocycles. The van der Waals surface area contributed by atoms with Crippen molar-refractivity contribution in [1.29, 1.82) is 0 Å². The molecule has 0 saturated carbocycles. The molecule has 1 saturated heterocycles. The van der Waals surface area contributed by atoms with E-state index in [0.717, 1.165) is 11.3 Å². The van der Waals surface area contributed by atoms with Gasteiger partial charge in [0.05, 0.1) is 5.02 Å². The van der Waals surface area contributed by atoms with Gasteiger partial charge >= 0.3 is 0 Å². The third-order valence-corrected chi connectivity index (χ3v) is 4.27. The van der Waals surface area contributed by atoms with E-state index in [4.69, 9.17) is 29.6 Å². The molecule has 0 radical (unpaired) electrons. The molecule has 110 valence electrons. The monoisotopic (exact) mass is 311 g/mol. The van der Waals surface area contributed by atoms with Crippen LogP contribution in [-0.2, 0) is 0 Å². The maximum atomic E-state index is 6.19. The lowest BCUT2D eigenvalue weighted by Gasteiger charge is -2.32. The third kappa shape index (κ3) is 4.08. The quantitative estimate of drug-likeness (QED) is 0.819. The van der Waals surface area contributed by atoms with Gasteiger partial charge in [-0.2, -0.15) is 0 Å². The molecule has 3 nitrogen and oxygen atoms in total. The van der Waals surface area contributed by atoms with Gasteiger partial charge in [-0.25, -0.2) is 0 Å². The molecule has 0 atom stereocenters. The van der Waals surface area contributed by atoms with Gasteiger partial charge in [-0.3, -0.25) is 0 Å². The maximum absolute atomic E-state index is 6.19. The lowest BCUT2D eigenvalue weighted by atomic mass is 10.0. The number of likely N-dealkylation sites (tertiary alicyclic amines) is 1. The first-order chi connectivity index (χ1) is 9.60. The van der Waals surface area contributed by atoms with E-state index in [1.54, 1.807) is 0 Å². The van der Waals surface area contributed by atoms with Crippen molar-refractivity contribution in [2.75, 3.05) is 25.0 Å². The summed E-state index contributed by atoms with van der Waals surface area (Å²) in [6.45, 7) is 5.78. The van der Waals surface area contributed by atoms with Crippen molar-refractivity contribution in [2.45, 2.75) is 32.2 Å². The Morgan fingerprint density at radius 1 is 1.45 bits per heavy atom. The van der Waals surface area contributed by atoms with Crippen LogP contribution < -0.4 is 11.1 Å². The van der Waals surface area contributed by atoms with Crippen molar-refractivity contribution in [3.8, 4) is 0 Å². The summed E-state index contributed by atoms with van der Waals surface area (Å²) in [5, 5.41) is 4.17. The van der Waals surface area contributed by atoms with Gasteiger partial charge in [-0.05, 0) is 44.0 Å². The van der Waals surface area contributed by atoms with Crippen LogP contribution in [0.4, 0.5) is 5.69 Å². The van der Waals surface area contributed by atoms with E-state index in [2.05, 4.69) is 17.1 Å². The fourth-order valence-corrected chi connectivity index (χ4v) is 3.17. The summed E-state index contributed by atoms with van der Waals surface area (Å²) in [6, 6.07) is 6.32. The number of anilines is 1. The lowest BCUT2D eigenvalue weighted by molar-refractivity contribution is 0.219. The van der Waals surface area contributed by atoms with Gasteiger partial charge in [-0.1, -0.05) is 30.7 Å². The number of hydrogen-bond donors (Lipinski definition) is 2. The van der Waals surface area contributed by atoms with E-state index >= 15 is 0 Å². The van der Waals surface area contributed by atoms with Gasteiger partial charge in [0.1, 0.15) is 4.99 Å². The van der Waals surface area contributed by atoms with Gasteiger partial charge in [0.2, 0.25) is 0 Å². The van der Waals surface area contributed by atoms with Crippen LogP contribution in [0.15, 0.2) is 18.2 Å². The fourth-order valence-electron chi connectivity index (χ4n) is 2.66. The SMILES string of the molecule is CCCN1CCC(Nc2ccc(C(N)=S)c(Cl)c2)CC1. The third-order valence-electron chi connectivity index (χ3n) is 3.73. The number of piperidine rings is 1. The van der Waals surface area contributed by atoms with E-state index < -0.39 is 0 Å². The Morgan fingerprint density at radius 2 is 2.15 bits per heavy atom. The Kier molecular flexibility index (Phi) is 5.64. The van der Waals surface area contributed by atoms with Crippen molar-refractivity contribution in [2.24, 2.45) is 5.73 Å². The zero-order valence-corrected chi connectivity index (χ0v) is 13.4. The van der Waals surface area contributed by atoms with Crippen LogP contribution in [0.25, 0.3) is 0 Å². The zero-order chi connectivity index (χ0) is 14.5. The molecule has 1 fully saturated rings. The summed E-state index contributed by atoms with van der Waals surface area (Å²) in [5.74, 6) is 0. The van der Waals surface area contributed by atoms with E-state index in [1.807, 2.05) is 18.2 Å². The number of nitrogens with one attached hydrogen (secondary N) is 1. The first-order valence-corrected chi connectivity index (χ1v) is 7.97. The van der Waals surface area contributed by atoms with Crippen LogP contribution in [0, 0.1) is 0 Å². The molecular weight excluding hydrogens is 290 g/mol. The smallest absolute Gasteiger partial charge is 0.105 e. The molecule has 1 aromatic rings. The second-order valence-corrected chi connectivity index (χ2v) is 6.17. The zero-order valence-electron chi connectivity index (χ0n) is 11.9. The minimum absolute atomic E-state index is 0.342. The molecule has 0 aliphatic carbocycles. The molecule has 20 heavy (non-hydrogen) atoms. The number of halogens is 1. The standard InChI is InChI=1S/C15H22ClN3S/c1-2-7-19-8-5-11(6-9-19)18-12-3-4-13(15(17)20)14(16)10-12/h3-4,10-11,18H,2,5-9H2,1H3,(H2,17,20). The van der Waals surface area contributed by atoms with Gasteiger partial charge in [0.25, 0.3) is 0 Å². The average Bonchev–Trinajstić information content (AvgIpc) is 2.41. The normalized spacial score (nSPS) is 17.1. The molecule has 3 N–H and O–H groups in total. The summed E-state index contributed by atoms with van der Waals surface area (Å²) in [7, 11) is 0. The van der Waals surface area contributed by atoms with Crippen LogP contribution in [0.2, 0.25) is 5.02 Å². The van der Waals surface area contributed by atoms with Crippen molar-refractivity contribution < 1.29 is 0 Å². The Hall–Kier alpha value is -0.840. The largest absolute Gasteiger partial charge is 0.389 e. The Labute approximate surface area is 131 Å². The van der Waals surface area contributed by atoms with Crippen LogP contribution in [0.3, 0.4) is 0 Å². The van der Waals surface area contributed by atoms with E-state index in [-0.39, 0.29) is 0 Å². The summed E-state index contributed by atoms with van der Waals surface area (Å²) in [4.78, 5) is 2.87. The molecule has 0 amide bonds. The molecule has 1 aliphatic heterocycles. The van der Waals surface area contributed by atoms with Gasteiger partial charge < -0.3 is 16.0 Å². The van der Waals surface area contributed by atoms with Gasteiger partial charge in [0, 0.05) is 30.4 Å². The van der Waals surface area contributed by atoms with Crippen molar-refractivity contribution >= 4 is 34.5 Å². The van der Waals surface area contributed by atoms with Crippen LogP contribution >= 0.6 is 23.8 Å². The lowest BCUT2D eigenvalue weighted by Crippen LogP contribution is -2.39. The molecule has 1 aliphatic rings. The predicted octanol–water partition coefficient (Wildman–Crippen LogP) is 3.26. The Morgan fingerprint density at radius 3 is 2.70 bits per heavy atom. The highest BCUT2D eigenvalue weighted by Crippen LogP contribution is 2.23. The van der Waals surface area contributed by atoms with Gasteiger partial charge in [-0.15, -0.1) is 0 Å². The highest BCUT2D eigenvalue weighted by Gasteiger charge is 2.18. The minimum atomic E-state index is 0.342. The number of nitrogens with two attached hydrogens (primary N) is 1. The summed E-state index contributed by atoms with van der Waals surface area (Å²) in [6.07, 6.45) is 3.58. The highest BCUT2D eigenvalue weighted by atomic mass is 35.5. The molecule has 5 heteroatoms. The summed E-state index contributed by atoms with van der Waals surface area (Å²) >= 11 is 11.2. The van der Waals surface area contributed by atoms with Crippen molar-refractivity contribution in [3.63, 3.8) is 0 Å². The van der Waals surface area contributed by atoms with Gasteiger partial charge in [0.15, 0.2) is 0 Å². The summed E-state index contributed by atoms with van der Waals surface area (Å²) < 4.78 is 0. The van der Waals surface area contributed by atoms with Crippen molar-refractivity contribution in [1.82, 2.24) is 4.90 Å². The number of benzene rings is 1. The van der Waals surface area contributed by atoms with Crippen molar-refractivity contribution in [3.05, 3.63) is 28.8 Å². The van der Waals surface area contributed by atoms with E-state index in [1.165, 1.54) is 38.9 Å². The number of nitrogens with zero attached hydrogens (tertiary/aromatic N) is 1. The van der Waals surface area contributed by atoms with Crippen LogP contribution in [0.1, 0.15) is 31.7 Å². The second kappa shape index (κ2) is 7.25. The fraction of sp³-hybridized carbons (Fsp3) is 0.533.